The van der Waals surface area contributed by atoms with E-state index in [1.54, 1.807) is 0 Å². The van der Waals surface area contributed by atoms with Crippen molar-refractivity contribution in [1.29, 1.82) is 0 Å². The zero-order valence-electron chi connectivity index (χ0n) is 7.14. The maximum Gasteiger partial charge on any atom is 0.189 e. The molecule has 0 atom stereocenters. The molecule has 1 aromatic rings. The maximum atomic E-state index is 7.10. The second kappa shape index (κ2) is 3.54. The quantitative estimate of drug-likeness (QED) is 0.671. The SMILES string of the molecule is Cc1cccc(NC([NH])=S)c1C. The zero-order chi connectivity index (χ0) is 9.14. The number of rotatable bonds is 1. The minimum Gasteiger partial charge on any atom is -0.331 e. The molecular formula is C9H11N2S. The molecule has 1 aromatic carbocycles. The predicted molar refractivity (Wildman–Crippen MR) is 55.2 cm³/mol. The summed E-state index contributed by atoms with van der Waals surface area (Å²) < 4.78 is 0. The monoisotopic (exact) mass is 179 g/mol. The van der Waals surface area contributed by atoms with Gasteiger partial charge in [-0.2, -0.15) is 0 Å². The van der Waals surface area contributed by atoms with Crippen LogP contribution in [-0.2, 0) is 0 Å². The third-order valence-corrected chi connectivity index (χ3v) is 1.95. The summed E-state index contributed by atoms with van der Waals surface area (Å²) in [6.07, 6.45) is 0. The van der Waals surface area contributed by atoms with Gasteiger partial charge in [0.15, 0.2) is 5.11 Å². The maximum absolute atomic E-state index is 7.10. The summed E-state index contributed by atoms with van der Waals surface area (Å²) in [5.41, 5.74) is 10.4. The Morgan fingerprint density at radius 2 is 2.08 bits per heavy atom. The average Bonchev–Trinajstić information content (AvgIpc) is 1.98. The van der Waals surface area contributed by atoms with Gasteiger partial charge in [0.25, 0.3) is 0 Å². The number of hydrogen-bond acceptors (Lipinski definition) is 1. The van der Waals surface area contributed by atoms with Gasteiger partial charge in [-0.05, 0) is 43.3 Å². The van der Waals surface area contributed by atoms with Crippen molar-refractivity contribution in [2.75, 3.05) is 5.32 Å². The van der Waals surface area contributed by atoms with Gasteiger partial charge in [-0.25, -0.2) is 0 Å². The van der Waals surface area contributed by atoms with Gasteiger partial charge >= 0.3 is 0 Å². The van der Waals surface area contributed by atoms with Crippen molar-refractivity contribution in [3.8, 4) is 0 Å². The molecule has 1 rings (SSSR count). The summed E-state index contributed by atoms with van der Waals surface area (Å²) >= 11 is 4.64. The molecule has 0 unspecified atom stereocenters. The fraction of sp³-hybridized carbons (Fsp3) is 0.222. The summed E-state index contributed by atoms with van der Waals surface area (Å²) in [6.45, 7) is 4.05. The van der Waals surface area contributed by atoms with Crippen molar-refractivity contribution >= 4 is 23.0 Å². The van der Waals surface area contributed by atoms with Crippen LogP contribution in [0.25, 0.3) is 0 Å². The lowest BCUT2D eigenvalue weighted by Gasteiger charge is -2.08. The van der Waals surface area contributed by atoms with Crippen LogP contribution >= 0.6 is 12.2 Å². The summed E-state index contributed by atoms with van der Waals surface area (Å²) in [5, 5.41) is 2.87. The number of nitrogens with one attached hydrogen (secondary N) is 2. The average molecular weight is 179 g/mol. The highest BCUT2D eigenvalue weighted by atomic mass is 32.1. The van der Waals surface area contributed by atoms with Crippen LogP contribution in [0.1, 0.15) is 11.1 Å². The smallest absolute Gasteiger partial charge is 0.189 e. The lowest BCUT2D eigenvalue weighted by atomic mass is 10.1. The lowest BCUT2D eigenvalue weighted by molar-refractivity contribution is 1.34. The van der Waals surface area contributed by atoms with Gasteiger partial charge in [-0.1, -0.05) is 12.1 Å². The Bertz CT molecular complexity index is 307. The van der Waals surface area contributed by atoms with Crippen molar-refractivity contribution in [3.05, 3.63) is 29.3 Å². The van der Waals surface area contributed by atoms with E-state index in [4.69, 9.17) is 5.73 Å². The van der Waals surface area contributed by atoms with E-state index in [0.717, 1.165) is 11.3 Å². The molecule has 0 spiro atoms. The molecule has 0 fully saturated rings. The van der Waals surface area contributed by atoms with E-state index in [1.165, 1.54) is 5.56 Å². The first-order chi connectivity index (χ1) is 5.61. The highest BCUT2D eigenvalue weighted by Gasteiger charge is 1.99. The third-order valence-electron chi connectivity index (χ3n) is 1.85. The first kappa shape index (κ1) is 9.00. The molecule has 0 aromatic heterocycles. The van der Waals surface area contributed by atoms with Crippen LogP contribution in [0, 0.1) is 13.8 Å². The Morgan fingerprint density at radius 1 is 1.42 bits per heavy atom. The summed E-state index contributed by atoms with van der Waals surface area (Å²) in [7, 11) is 0. The first-order valence-corrected chi connectivity index (χ1v) is 4.11. The molecule has 0 aliphatic rings. The Balaban J connectivity index is 3.00. The number of anilines is 1. The molecule has 0 aliphatic carbocycles. The number of aryl methyl sites for hydroxylation is 1. The van der Waals surface area contributed by atoms with Gasteiger partial charge in [0.1, 0.15) is 0 Å². The number of benzene rings is 1. The predicted octanol–water partition coefficient (Wildman–Crippen LogP) is 2.28. The number of thiocarbonyl (C=S) groups is 1. The Morgan fingerprint density at radius 3 is 2.67 bits per heavy atom. The Hall–Kier alpha value is -1.09. The summed E-state index contributed by atoms with van der Waals surface area (Å²) in [6, 6.07) is 5.90. The van der Waals surface area contributed by atoms with Gasteiger partial charge in [0, 0.05) is 5.69 Å². The van der Waals surface area contributed by atoms with Crippen LogP contribution in [0.3, 0.4) is 0 Å². The highest BCUT2D eigenvalue weighted by Crippen LogP contribution is 2.17. The largest absolute Gasteiger partial charge is 0.331 e. The Kier molecular flexibility index (Phi) is 2.65. The van der Waals surface area contributed by atoms with E-state index in [-0.39, 0.29) is 5.11 Å². The van der Waals surface area contributed by atoms with Crippen LogP contribution in [0.2, 0.25) is 0 Å². The minimum absolute atomic E-state index is 0.0590. The number of hydrogen-bond donors (Lipinski definition) is 1. The van der Waals surface area contributed by atoms with Crippen LogP contribution < -0.4 is 11.1 Å². The van der Waals surface area contributed by atoms with Gasteiger partial charge in [-0.3, -0.25) is 5.73 Å². The van der Waals surface area contributed by atoms with Crippen molar-refractivity contribution in [2.24, 2.45) is 0 Å². The molecule has 3 heteroatoms. The van der Waals surface area contributed by atoms with Gasteiger partial charge < -0.3 is 5.32 Å². The second-order valence-corrected chi connectivity index (χ2v) is 3.11. The molecule has 0 heterocycles. The molecule has 0 saturated heterocycles. The van der Waals surface area contributed by atoms with Gasteiger partial charge in [0.05, 0.1) is 0 Å². The molecule has 12 heavy (non-hydrogen) atoms. The van der Waals surface area contributed by atoms with Crippen molar-refractivity contribution in [3.63, 3.8) is 0 Å². The van der Waals surface area contributed by atoms with E-state index in [1.807, 2.05) is 32.0 Å². The molecule has 0 amide bonds. The molecule has 2 nitrogen and oxygen atoms in total. The normalized spacial score (nSPS) is 9.50. The van der Waals surface area contributed by atoms with Crippen LogP contribution in [0.15, 0.2) is 18.2 Å². The molecule has 63 valence electrons. The van der Waals surface area contributed by atoms with E-state index in [9.17, 15) is 0 Å². The molecule has 0 saturated carbocycles. The molecule has 0 bridgehead atoms. The lowest BCUT2D eigenvalue weighted by Crippen LogP contribution is -2.10. The zero-order valence-corrected chi connectivity index (χ0v) is 7.96. The van der Waals surface area contributed by atoms with Crippen LogP contribution in [-0.4, -0.2) is 5.11 Å². The second-order valence-electron chi connectivity index (χ2n) is 2.70. The molecule has 0 aliphatic heterocycles. The van der Waals surface area contributed by atoms with Gasteiger partial charge in [0.2, 0.25) is 0 Å². The standard InChI is InChI=1S/C9H11N2S/c1-6-4-3-5-8(7(6)2)11-9(10)12/h3-5,10H,1-2H3,(H,11,12). The minimum atomic E-state index is 0.0590. The van der Waals surface area contributed by atoms with Crippen LogP contribution in [0.5, 0.6) is 0 Å². The Labute approximate surface area is 77.8 Å². The molecular weight excluding hydrogens is 168 g/mol. The van der Waals surface area contributed by atoms with Crippen molar-refractivity contribution in [2.45, 2.75) is 13.8 Å². The summed E-state index contributed by atoms with van der Waals surface area (Å²) in [4.78, 5) is 0. The fourth-order valence-electron chi connectivity index (χ4n) is 1.01. The van der Waals surface area contributed by atoms with E-state index in [0.29, 0.717) is 0 Å². The summed E-state index contributed by atoms with van der Waals surface area (Å²) in [5.74, 6) is 0. The van der Waals surface area contributed by atoms with Crippen LogP contribution in [0.4, 0.5) is 5.69 Å². The van der Waals surface area contributed by atoms with Gasteiger partial charge in [-0.15, -0.1) is 0 Å². The molecule has 1 radical (unpaired) electrons. The van der Waals surface area contributed by atoms with E-state index < -0.39 is 0 Å². The first-order valence-electron chi connectivity index (χ1n) is 3.70. The molecule has 2 N–H and O–H groups in total. The topological polar surface area (TPSA) is 35.8 Å². The van der Waals surface area contributed by atoms with Crippen molar-refractivity contribution in [1.82, 2.24) is 5.73 Å². The van der Waals surface area contributed by atoms with Crippen molar-refractivity contribution < 1.29 is 0 Å². The highest BCUT2D eigenvalue weighted by molar-refractivity contribution is 7.80. The van der Waals surface area contributed by atoms with E-state index >= 15 is 0 Å². The third kappa shape index (κ3) is 1.95. The van der Waals surface area contributed by atoms with E-state index in [2.05, 4.69) is 17.5 Å². The fourth-order valence-corrected chi connectivity index (χ4v) is 1.12.